The Kier molecular flexibility index (Phi) is 7.22. The van der Waals surface area contributed by atoms with Crippen molar-refractivity contribution in [2.75, 3.05) is 11.9 Å². The fourth-order valence-electron chi connectivity index (χ4n) is 3.33. The van der Waals surface area contributed by atoms with E-state index >= 15 is 0 Å². The number of hydrogen-bond acceptors (Lipinski definition) is 5. The van der Waals surface area contributed by atoms with Gasteiger partial charge in [0.25, 0.3) is 11.8 Å². The molecule has 1 aromatic heterocycles. The Balaban J connectivity index is 1.71. The Morgan fingerprint density at radius 2 is 2.00 bits per heavy atom. The summed E-state index contributed by atoms with van der Waals surface area (Å²) >= 11 is 6.80. The lowest BCUT2D eigenvalue weighted by Gasteiger charge is -2.13. The van der Waals surface area contributed by atoms with Gasteiger partial charge < -0.3 is 15.8 Å². The highest BCUT2D eigenvalue weighted by Gasteiger charge is 2.25. The number of hydrogen-bond donors (Lipinski definition) is 3. The van der Waals surface area contributed by atoms with E-state index in [0.717, 1.165) is 49.0 Å². The number of aryl methyl sites for hydroxylation is 1. The summed E-state index contributed by atoms with van der Waals surface area (Å²) in [7, 11) is 0. The van der Waals surface area contributed by atoms with Crippen LogP contribution in [0.2, 0.25) is 0 Å². The lowest BCUT2D eigenvalue weighted by Crippen LogP contribution is -2.34. The van der Waals surface area contributed by atoms with Crippen LogP contribution < -0.4 is 21.1 Å². The van der Waals surface area contributed by atoms with Gasteiger partial charge in [0.2, 0.25) is 0 Å². The van der Waals surface area contributed by atoms with Crippen molar-refractivity contribution >= 4 is 45.5 Å². The van der Waals surface area contributed by atoms with E-state index < -0.39 is 5.91 Å². The normalized spacial score (nSPS) is 12.7. The summed E-state index contributed by atoms with van der Waals surface area (Å²) in [6, 6.07) is 7.05. The first-order chi connectivity index (χ1) is 14.0. The molecule has 0 unspecified atom stereocenters. The Labute approximate surface area is 179 Å². The third-order valence-electron chi connectivity index (χ3n) is 4.76. The first-order valence-electron chi connectivity index (χ1n) is 9.79. The van der Waals surface area contributed by atoms with E-state index in [1.807, 2.05) is 6.07 Å². The summed E-state index contributed by atoms with van der Waals surface area (Å²) in [6.07, 6.45) is 5.84. The van der Waals surface area contributed by atoms with Crippen molar-refractivity contribution in [3.63, 3.8) is 0 Å². The van der Waals surface area contributed by atoms with Gasteiger partial charge in [-0.25, -0.2) is 0 Å². The number of thiocarbonyl (C=S) groups is 1. The van der Waals surface area contributed by atoms with Gasteiger partial charge in [-0.15, -0.1) is 11.3 Å². The predicted octanol–water partition coefficient (Wildman–Crippen LogP) is 4.03. The molecule has 0 saturated heterocycles. The van der Waals surface area contributed by atoms with E-state index in [1.54, 1.807) is 18.2 Å². The van der Waals surface area contributed by atoms with Crippen molar-refractivity contribution in [2.45, 2.75) is 45.4 Å². The van der Waals surface area contributed by atoms with Gasteiger partial charge in [-0.05, 0) is 62.0 Å². The Hall–Kier alpha value is -2.45. The number of fused-ring (bicyclic) bond motifs is 1. The summed E-state index contributed by atoms with van der Waals surface area (Å²) in [5.74, 6) is -0.321. The van der Waals surface area contributed by atoms with Gasteiger partial charge in [0, 0.05) is 4.88 Å². The molecule has 2 aromatic rings. The largest absolute Gasteiger partial charge is 0.493 e. The average molecular weight is 432 g/mol. The molecule has 1 aliphatic rings. The average Bonchev–Trinajstić information content (AvgIpc) is 3.06. The van der Waals surface area contributed by atoms with Gasteiger partial charge >= 0.3 is 0 Å². The maximum Gasteiger partial charge on any atom is 0.261 e. The smallest absolute Gasteiger partial charge is 0.261 e. The van der Waals surface area contributed by atoms with Gasteiger partial charge in [0.1, 0.15) is 10.8 Å². The zero-order valence-electron chi connectivity index (χ0n) is 16.4. The van der Waals surface area contributed by atoms with E-state index in [1.165, 1.54) is 11.3 Å². The molecule has 0 aliphatic heterocycles. The number of rotatable bonds is 7. The summed E-state index contributed by atoms with van der Waals surface area (Å²) in [6.45, 7) is 2.63. The molecule has 0 saturated carbocycles. The second kappa shape index (κ2) is 9.84. The lowest BCUT2D eigenvalue weighted by atomic mass is 9.95. The fourth-order valence-corrected chi connectivity index (χ4v) is 4.88. The minimum absolute atomic E-state index is 0.124. The van der Waals surface area contributed by atoms with Crippen molar-refractivity contribution in [1.29, 1.82) is 0 Å². The Morgan fingerprint density at radius 1 is 1.24 bits per heavy atom. The molecule has 4 N–H and O–H groups in total. The second-order valence-electron chi connectivity index (χ2n) is 6.89. The van der Waals surface area contributed by atoms with E-state index in [0.29, 0.717) is 28.5 Å². The second-order valence-corrected chi connectivity index (χ2v) is 8.40. The van der Waals surface area contributed by atoms with Crippen molar-refractivity contribution in [2.24, 2.45) is 5.73 Å². The molecular formula is C21H25N3O3S2. The summed E-state index contributed by atoms with van der Waals surface area (Å²) in [4.78, 5) is 25.9. The lowest BCUT2D eigenvalue weighted by molar-refractivity contribution is 0.0971. The number of benzene rings is 1. The highest BCUT2D eigenvalue weighted by atomic mass is 32.1. The minimum atomic E-state index is -0.476. The monoisotopic (exact) mass is 431 g/mol. The van der Waals surface area contributed by atoms with Crippen molar-refractivity contribution < 1.29 is 14.3 Å². The molecule has 0 atom stereocenters. The highest BCUT2D eigenvalue weighted by molar-refractivity contribution is 7.80. The van der Waals surface area contributed by atoms with Crippen molar-refractivity contribution in [3.8, 4) is 5.75 Å². The quantitative estimate of drug-likeness (QED) is 0.455. The molecule has 1 aromatic carbocycles. The molecule has 154 valence electrons. The molecule has 2 amide bonds. The first-order valence-corrected chi connectivity index (χ1v) is 11.0. The van der Waals surface area contributed by atoms with Crippen LogP contribution in [-0.4, -0.2) is 23.5 Å². The van der Waals surface area contributed by atoms with E-state index in [-0.39, 0.29) is 11.0 Å². The van der Waals surface area contributed by atoms with Crippen molar-refractivity contribution in [1.82, 2.24) is 5.32 Å². The van der Waals surface area contributed by atoms with E-state index in [2.05, 4.69) is 17.6 Å². The maximum atomic E-state index is 12.7. The number of nitrogens with two attached hydrogens (primary N) is 1. The number of nitrogens with one attached hydrogen (secondary N) is 2. The van der Waals surface area contributed by atoms with Crippen LogP contribution in [0, 0.1) is 0 Å². The van der Waals surface area contributed by atoms with Gasteiger partial charge in [0.15, 0.2) is 5.11 Å². The topological polar surface area (TPSA) is 93.4 Å². The van der Waals surface area contributed by atoms with Crippen LogP contribution in [0.5, 0.6) is 5.75 Å². The number of ether oxygens (including phenoxy) is 1. The molecule has 3 rings (SSSR count). The van der Waals surface area contributed by atoms with Crippen LogP contribution in [-0.2, 0) is 12.8 Å². The molecule has 0 bridgehead atoms. The first kappa shape index (κ1) is 21.3. The molecule has 6 nitrogen and oxygen atoms in total. The molecule has 0 fully saturated rings. The predicted molar refractivity (Wildman–Crippen MR) is 120 cm³/mol. The number of primary amides is 1. The van der Waals surface area contributed by atoms with Gasteiger partial charge in [0.05, 0.1) is 17.7 Å². The van der Waals surface area contributed by atoms with Crippen LogP contribution >= 0.6 is 23.6 Å². The third-order valence-corrected chi connectivity index (χ3v) is 6.17. The van der Waals surface area contributed by atoms with Crippen LogP contribution in [0.4, 0.5) is 5.00 Å². The molecule has 8 heteroatoms. The summed E-state index contributed by atoms with van der Waals surface area (Å²) in [5, 5.41) is 6.40. The molecule has 0 spiro atoms. The number of amides is 2. The molecule has 29 heavy (non-hydrogen) atoms. The summed E-state index contributed by atoms with van der Waals surface area (Å²) < 4.78 is 5.72. The number of para-hydroxylation sites is 1. The van der Waals surface area contributed by atoms with E-state index in [4.69, 9.17) is 22.7 Å². The van der Waals surface area contributed by atoms with Crippen LogP contribution in [0.15, 0.2) is 24.3 Å². The minimum Gasteiger partial charge on any atom is -0.493 e. The van der Waals surface area contributed by atoms with Gasteiger partial charge in [-0.2, -0.15) is 0 Å². The number of thiophene rings is 1. The standard InChI is InChI=1S/C21H25N3O3S2/c1-2-3-12-27-15-10-6-4-8-13(15)19(26)23-21(28)24-20-17(18(22)25)14-9-5-7-11-16(14)29-20/h4,6,8,10H,2-3,5,7,9,11-12H2,1H3,(H2,22,25)(H2,23,24,26,28). The maximum absolute atomic E-state index is 12.7. The number of carbonyl (C=O) groups excluding carboxylic acids is 2. The zero-order chi connectivity index (χ0) is 20.8. The molecule has 1 heterocycles. The van der Waals surface area contributed by atoms with Crippen molar-refractivity contribution in [3.05, 3.63) is 45.8 Å². The fraction of sp³-hybridized carbons (Fsp3) is 0.381. The zero-order valence-corrected chi connectivity index (χ0v) is 18.0. The van der Waals surface area contributed by atoms with Gasteiger partial charge in [-0.1, -0.05) is 25.5 Å². The van der Waals surface area contributed by atoms with E-state index in [9.17, 15) is 9.59 Å². The third kappa shape index (κ3) is 5.13. The summed E-state index contributed by atoms with van der Waals surface area (Å²) in [5.41, 5.74) is 7.52. The Morgan fingerprint density at radius 3 is 2.76 bits per heavy atom. The highest BCUT2D eigenvalue weighted by Crippen LogP contribution is 2.37. The molecule has 1 aliphatic carbocycles. The molecule has 0 radical (unpaired) electrons. The van der Waals surface area contributed by atoms with Crippen LogP contribution in [0.1, 0.15) is 63.8 Å². The number of carbonyl (C=O) groups is 2. The van der Waals surface area contributed by atoms with Crippen LogP contribution in [0.3, 0.4) is 0 Å². The SMILES string of the molecule is CCCCOc1ccccc1C(=O)NC(=S)Nc1sc2c(c1C(N)=O)CCCC2. The number of anilines is 1. The molecular weight excluding hydrogens is 406 g/mol. The van der Waals surface area contributed by atoms with Gasteiger partial charge in [-0.3, -0.25) is 14.9 Å². The number of unbranched alkanes of at least 4 members (excludes halogenated alkanes) is 1. The Bertz CT molecular complexity index is 924. The van der Waals surface area contributed by atoms with Crippen LogP contribution in [0.25, 0.3) is 0 Å².